The van der Waals surface area contributed by atoms with Crippen LogP contribution in [-0.2, 0) is 23.9 Å². The molecule has 1 heterocycles. The summed E-state index contributed by atoms with van der Waals surface area (Å²) < 4.78 is 11.2. The first-order valence-electron chi connectivity index (χ1n) is 11.0. The molecule has 5 rings (SSSR count). The van der Waals surface area contributed by atoms with Gasteiger partial charge in [0, 0.05) is 24.7 Å². The second kappa shape index (κ2) is 6.48. The SMILES string of the molecule is CC(=O)OCC(=O)C1CCC2C3CCC4=CC(=O)CCC4(C)C3C3CC12C(O)O3. The summed E-state index contributed by atoms with van der Waals surface area (Å²) in [5.74, 6) is 0.289. The quantitative estimate of drug-likeness (QED) is 0.730. The van der Waals surface area contributed by atoms with E-state index < -0.39 is 17.7 Å². The normalized spacial score (nSPS) is 47.7. The van der Waals surface area contributed by atoms with Gasteiger partial charge in [-0.15, -0.1) is 0 Å². The van der Waals surface area contributed by atoms with Crippen molar-refractivity contribution in [3.05, 3.63) is 11.6 Å². The number of hydrogen-bond donors (Lipinski definition) is 1. The number of ether oxygens (including phenoxy) is 2. The van der Waals surface area contributed by atoms with Gasteiger partial charge in [-0.3, -0.25) is 14.4 Å². The maximum Gasteiger partial charge on any atom is 0.303 e. The molecule has 0 aromatic heterocycles. The van der Waals surface area contributed by atoms with Crippen LogP contribution in [-0.4, -0.2) is 41.6 Å². The summed E-state index contributed by atoms with van der Waals surface area (Å²) in [7, 11) is 0. The van der Waals surface area contributed by atoms with Gasteiger partial charge in [0.15, 0.2) is 17.9 Å². The number of carbonyl (C=O) groups excluding carboxylic acids is 3. The van der Waals surface area contributed by atoms with E-state index in [9.17, 15) is 19.5 Å². The van der Waals surface area contributed by atoms with Crippen LogP contribution in [0.25, 0.3) is 0 Å². The number of hydrogen-bond acceptors (Lipinski definition) is 6. The average molecular weight is 402 g/mol. The third-order valence-corrected chi connectivity index (χ3v) is 9.05. The van der Waals surface area contributed by atoms with Crippen molar-refractivity contribution in [3.63, 3.8) is 0 Å². The minimum Gasteiger partial charge on any atom is -0.458 e. The monoisotopic (exact) mass is 402 g/mol. The largest absolute Gasteiger partial charge is 0.458 e. The molecule has 0 aromatic rings. The first kappa shape index (κ1) is 19.4. The van der Waals surface area contributed by atoms with Gasteiger partial charge >= 0.3 is 5.97 Å². The Hall–Kier alpha value is -1.53. The summed E-state index contributed by atoms with van der Waals surface area (Å²) in [5, 5.41) is 11.1. The molecule has 6 heteroatoms. The molecule has 1 saturated heterocycles. The van der Waals surface area contributed by atoms with Crippen molar-refractivity contribution in [1.82, 2.24) is 0 Å². The second-order valence-corrected chi connectivity index (χ2v) is 10.1. The Bertz CT molecular complexity index is 801. The minimum absolute atomic E-state index is 0.0580. The van der Waals surface area contributed by atoms with Crippen molar-refractivity contribution in [2.24, 2.45) is 34.5 Å². The van der Waals surface area contributed by atoms with Crippen LogP contribution >= 0.6 is 0 Å². The molecule has 3 saturated carbocycles. The molecular formula is C23H30O6. The number of esters is 1. The minimum atomic E-state index is -0.946. The van der Waals surface area contributed by atoms with Crippen LogP contribution in [0, 0.1) is 34.5 Å². The zero-order valence-electron chi connectivity index (χ0n) is 17.2. The third kappa shape index (κ3) is 2.57. The van der Waals surface area contributed by atoms with Crippen molar-refractivity contribution in [1.29, 1.82) is 0 Å². The highest BCUT2D eigenvalue weighted by Crippen LogP contribution is 2.71. The predicted molar refractivity (Wildman–Crippen MR) is 102 cm³/mol. The van der Waals surface area contributed by atoms with E-state index in [1.165, 1.54) is 12.5 Å². The van der Waals surface area contributed by atoms with Crippen molar-refractivity contribution in [3.8, 4) is 0 Å². The van der Waals surface area contributed by atoms with Crippen LogP contribution in [0.15, 0.2) is 11.6 Å². The Morgan fingerprint density at radius 1 is 1.28 bits per heavy atom. The Labute approximate surface area is 171 Å². The zero-order chi connectivity index (χ0) is 20.6. The summed E-state index contributed by atoms with van der Waals surface area (Å²) in [6, 6.07) is 0. The second-order valence-electron chi connectivity index (χ2n) is 10.1. The van der Waals surface area contributed by atoms with Gasteiger partial charge in [0.25, 0.3) is 0 Å². The molecule has 8 atom stereocenters. The van der Waals surface area contributed by atoms with Crippen LogP contribution < -0.4 is 0 Å². The number of aliphatic hydroxyl groups is 1. The summed E-state index contributed by atoms with van der Waals surface area (Å²) in [5.41, 5.74) is 0.649. The average Bonchev–Trinajstić information content (AvgIpc) is 3.19. The molecule has 1 aliphatic heterocycles. The first-order valence-corrected chi connectivity index (χ1v) is 11.0. The molecule has 158 valence electrons. The Morgan fingerprint density at radius 3 is 2.83 bits per heavy atom. The molecule has 8 unspecified atom stereocenters. The number of aliphatic hydroxyl groups excluding tert-OH is 1. The summed E-state index contributed by atoms with van der Waals surface area (Å²) in [6.45, 7) is 3.37. The Morgan fingerprint density at radius 2 is 2.07 bits per heavy atom. The van der Waals surface area contributed by atoms with E-state index in [1.54, 1.807) is 0 Å². The van der Waals surface area contributed by atoms with E-state index in [0.29, 0.717) is 18.8 Å². The number of allylic oxidation sites excluding steroid dienone is 1. The molecule has 4 fully saturated rings. The van der Waals surface area contributed by atoms with Gasteiger partial charge in [-0.1, -0.05) is 12.5 Å². The lowest BCUT2D eigenvalue weighted by atomic mass is 9.46. The molecule has 1 N–H and O–H groups in total. The standard InChI is InChI=1S/C23H30O6/c1-12(24)28-11-18(26)17-6-5-16-15-4-3-13-9-14(25)7-8-22(13,2)20(15)19-10-23(16,17)21(27)29-19/h9,15-17,19-21,27H,3-8,10-11H2,1-2H3. The maximum atomic E-state index is 12.9. The van der Waals surface area contributed by atoms with Crippen LogP contribution in [0.3, 0.4) is 0 Å². The first-order chi connectivity index (χ1) is 13.8. The van der Waals surface area contributed by atoms with E-state index in [0.717, 1.165) is 32.1 Å². The highest BCUT2D eigenvalue weighted by Gasteiger charge is 2.71. The molecule has 1 spiro atoms. The summed E-state index contributed by atoms with van der Waals surface area (Å²) in [4.78, 5) is 36.1. The van der Waals surface area contributed by atoms with Crippen molar-refractivity contribution >= 4 is 17.5 Å². The fourth-order valence-electron chi connectivity index (χ4n) is 7.96. The van der Waals surface area contributed by atoms with E-state index in [1.807, 2.05) is 6.08 Å². The van der Waals surface area contributed by atoms with E-state index >= 15 is 0 Å². The molecule has 29 heavy (non-hydrogen) atoms. The number of carbonyl (C=O) groups is 3. The number of ketones is 2. The van der Waals surface area contributed by atoms with E-state index in [-0.39, 0.29) is 47.4 Å². The lowest BCUT2D eigenvalue weighted by molar-refractivity contribution is -0.163. The molecule has 6 nitrogen and oxygen atoms in total. The highest BCUT2D eigenvalue weighted by atomic mass is 16.6. The fraction of sp³-hybridized carbons (Fsp3) is 0.783. The zero-order valence-corrected chi connectivity index (χ0v) is 17.2. The molecule has 0 aromatic carbocycles. The van der Waals surface area contributed by atoms with Crippen molar-refractivity contribution in [2.45, 2.75) is 71.2 Å². The Balaban J connectivity index is 1.48. The van der Waals surface area contributed by atoms with Gasteiger partial charge in [0.05, 0.1) is 6.10 Å². The van der Waals surface area contributed by atoms with E-state index in [2.05, 4.69) is 6.92 Å². The van der Waals surface area contributed by atoms with Crippen molar-refractivity contribution < 1.29 is 29.0 Å². The lowest BCUT2D eigenvalue weighted by Gasteiger charge is -2.57. The molecule has 0 radical (unpaired) electrons. The van der Waals surface area contributed by atoms with Crippen LogP contribution in [0.5, 0.6) is 0 Å². The number of Topliss-reactive ketones (excluding diaryl/α,β-unsaturated/α-hetero) is 1. The Kier molecular flexibility index (Phi) is 4.34. The van der Waals surface area contributed by atoms with Crippen molar-refractivity contribution in [2.75, 3.05) is 6.61 Å². The van der Waals surface area contributed by atoms with Crippen LogP contribution in [0.2, 0.25) is 0 Å². The lowest BCUT2D eigenvalue weighted by Crippen LogP contribution is -2.55. The van der Waals surface area contributed by atoms with Gasteiger partial charge in [0.2, 0.25) is 0 Å². The van der Waals surface area contributed by atoms with Gasteiger partial charge in [-0.05, 0) is 67.8 Å². The van der Waals surface area contributed by atoms with Gasteiger partial charge in [0.1, 0.15) is 6.61 Å². The number of rotatable bonds is 3. The molecule has 2 bridgehead atoms. The van der Waals surface area contributed by atoms with Crippen LogP contribution in [0.1, 0.15) is 58.8 Å². The molecule has 4 aliphatic carbocycles. The molecule has 0 amide bonds. The topological polar surface area (TPSA) is 89.9 Å². The van der Waals surface area contributed by atoms with Gasteiger partial charge < -0.3 is 14.6 Å². The smallest absolute Gasteiger partial charge is 0.303 e. The van der Waals surface area contributed by atoms with Crippen LogP contribution in [0.4, 0.5) is 0 Å². The highest BCUT2D eigenvalue weighted by molar-refractivity contribution is 5.91. The summed E-state index contributed by atoms with van der Waals surface area (Å²) in [6.07, 6.45) is 6.49. The maximum absolute atomic E-state index is 12.9. The third-order valence-electron chi connectivity index (χ3n) is 9.05. The predicted octanol–water partition coefficient (Wildman–Crippen LogP) is 2.57. The van der Waals surface area contributed by atoms with Gasteiger partial charge in [-0.2, -0.15) is 0 Å². The molecule has 5 aliphatic rings. The number of fused-ring (bicyclic) bond motifs is 6. The van der Waals surface area contributed by atoms with E-state index in [4.69, 9.17) is 9.47 Å². The molecular weight excluding hydrogens is 372 g/mol. The summed E-state index contributed by atoms with van der Waals surface area (Å²) >= 11 is 0. The fourth-order valence-corrected chi connectivity index (χ4v) is 7.96. The van der Waals surface area contributed by atoms with Gasteiger partial charge in [-0.25, -0.2) is 0 Å².